The first-order valence-electron chi connectivity index (χ1n) is 4.78. The maximum absolute atomic E-state index is 5.09. The molecular formula is C10H12BrN3OS. The van der Waals surface area contributed by atoms with Crippen molar-refractivity contribution in [1.29, 1.82) is 0 Å². The Labute approximate surface area is 107 Å². The lowest BCUT2D eigenvalue weighted by Crippen LogP contribution is -2.24. The second kappa shape index (κ2) is 5.56. The lowest BCUT2D eigenvalue weighted by Gasteiger charge is -2.01. The van der Waals surface area contributed by atoms with Gasteiger partial charge in [-0.15, -0.1) is 0 Å². The van der Waals surface area contributed by atoms with Crippen LogP contribution in [-0.2, 0) is 6.54 Å². The van der Waals surface area contributed by atoms with Gasteiger partial charge < -0.3 is 10.1 Å². The van der Waals surface area contributed by atoms with Crippen molar-refractivity contribution in [2.45, 2.75) is 11.6 Å². The van der Waals surface area contributed by atoms with Crippen LogP contribution >= 0.6 is 27.9 Å². The van der Waals surface area contributed by atoms with Crippen LogP contribution in [0.15, 0.2) is 29.3 Å². The summed E-state index contributed by atoms with van der Waals surface area (Å²) in [5.74, 6) is 0.868. The van der Waals surface area contributed by atoms with Crippen molar-refractivity contribution < 1.29 is 4.74 Å². The van der Waals surface area contributed by atoms with E-state index in [1.165, 1.54) is 11.9 Å². The molecule has 2 rings (SSSR count). The molecule has 1 atom stereocenters. The van der Waals surface area contributed by atoms with Crippen LogP contribution in [0.3, 0.4) is 0 Å². The third kappa shape index (κ3) is 3.13. The van der Waals surface area contributed by atoms with Crippen molar-refractivity contribution in [2.75, 3.05) is 7.11 Å². The fourth-order valence-corrected chi connectivity index (χ4v) is 2.48. The summed E-state index contributed by atoms with van der Waals surface area (Å²) in [5, 5.41) is 4.14. The molecule has 4 nitrogen and oxygen atoms in total. The number of methoxy groups -OCH3 is 1. The fourth-order valence-electron chi connectivity index (χ4n) is 1.25. The average molecular weight is 302 g/mol. The first kappa shape index (κ1) is 11.8. The number of nitrogens with one attached hydrogen (secondary N) is 2. The molecule has 0 saturated carbocycles. The molecule has 6 heteroatoms. The topological polar surface area (TPSA) is 45.6 Å². The molecule has 0 radical (unpaired) electrons. The lowest BCUT2D eigenvalue weighted by atomic mass is 10.2. The molecule has 0 aliphatic carbocycles. The summed E-state index contributed by atoms with van der Waals surface area (Å²) >= 11 is 4.88. The predicted octanol–water partition coefficient (Wildman–Crippen LogP) is 2.07. The smallest absolute Gasteiger partial charge is 0.174 e. The van der Waals surface area contributed by atoms with Gasteiger partial charge in [0.2, 0.25) is 0 Å². The highest BCUT2D eigenvalue weighted by atomic mass is 79.9. The van der Waals surface area contributed by atoms with Gasteiger partial charge in [-0.3, -0.25) is 4.99 Å². The maximum atomic E-state index is 5.09. The van der Waals surface area contributed by atoms with Crippen molar-refractivity contribution in [3.05, 3.63) is 29.8 Å². The molecule has 1 unspecified atom stereocenters. The predicted molar refractivity (Wildman–Crippen MR) is 70.7 cm³/mol. The third-order valence-corrected chi connectivity index (χ3v) is 3.63. The highest BCUT2D eigenvalue weighted by Gasteiger charge is 2.15. The van der Waals surface area contributed by atoms with Crippen LogP contribution in [-0.4, -0.2) is 17.4 Å². The number of hydrogen-bond donors (Lipinski definition) is 2. The van der Waals surface area contributed by atoms with Crippen LogP contribution in [0.25, 0.3) is 0 Å². The van der Waals surface area contributed by atoms with E-state index >= 15 is 0 Å². The number of nitrogens with zero attached hydrogens (tertiary/aromatic N) is 1. The fraction of sp³-hybridized carbons (Fsp3) is 0.300. The minimum Gasteiger partial charge on any atom is -0.497 e. The van der Waals surface area contributed by atoms with E-state index in [9.17, 15) is 0 Å². The maximum Gasteiger partial charge on any atom is 0.174 e. The molecule has 1 aromatic rings. The molecule has 86 valence electrons. The van der Waals surface area contributed by atoms with E-state index in [1.807, 2.05) is 24.3 Å². The van der Waals surface area contributed by atoms with Crippen molar-refractivity contribution >= 4 is 33.0 Å². The molecule has 1 aliphatic rings. The average Bonchev–Trinajstić information content (AvgIpc) is 2.73. The van der Waals surface area contributed by atoms with E-state index in [2.05, 4.69) is 31.0 Å². The lowest BCUT2D eigenvalue weighted by molar-refractivity contribution is 0.414. The standard InChI is InChI=1S/C10H12BrN3OS/c1-15-8-4-2-7(3-5-8)6-12-10-13-9(11)14-16-10/h2-5,9,14H,6H2,1H3,(H,12,13). The third-order valence-electron chi connectivity index (χ3n) is 2.07. The number of rotatable bonds is 3. The van der Waals surface area contributed by atoms with Gasteiger partial charge in [0.05, 0.1) is 13.7 Å². The Bertz CT molecular complexity index is 382. The van der Waals surface area contributed by atoms with Gasteiger partial charge in [0.15, 0.2) is 5.17 Å². The van der Waals surface area contributed by atoms with Gasteiger partial charge in [-0.1, -0.05) is 12.1 Å². The zero-order valence-corrected chi connectivity index (χ0v) is 11.1. The Hall–Kier alpha value is -0.720. The minimum atomic E-state index is 0.104. The summed E-state index contributed by atoms with van der Waals surface area (Å²) in [6, 6.07) is 7.91. The zero-order chi connectivity index (χ0) is 11.4. The van der Waals surface area contributed by atoms with E-state index in [-0.39, 0.29) is 5.08 Å². The SMILES string of the molecule is COc1ccc(CN=C2NC(Br)NS2)cc1. The van der Waals surface area contributed by atoms with Crippen molar-refractivity contribution in [3.8, 4) is 5.75 Å². The minimum absolute atomic E-state index is 0.104. The Morgan fingerprint density at radius 2 is 2.19 bits per heavy atom. The highest BCUT2D eigenvalue weighted by Crippen LogP contribution is 2.14. The second-order valence-electron chi connectivity index (χ2n) is 3.20. The molecular weight excluding hydrogens is 290 g/mol. The van der Waals surface area contributed by atoms with E-state index in [1.54, 1.807) is 7.11 Å². The zero-order valence-electron chi connectivity index (χ0n) is 8.74. The molecule has 0 bridgehead atoms. The van der Waals surface area contributed by atoms with Gasteiger partial charge in [-0.2, -0.15) is 0 Å². The van der Waals surface area contributed by atoms with Gasteiger partial charge in [0.25, 0.3) is 0 Å². The number of alkyl halides is 1. The number of benzene rings is 1. The van der Waals surface area contributed by atoms with Crippen molar-refractivity contribution in [1.82, 2.24) is 10.0 Å². The van der Waals surface area contributed by atoms with Crippen LogP contribution in [0.2, 0.25) is 0 Å². The molecule has 0 spiro atoms. The molecule has 1 heterocycles. The normalized spacial score (nSPS) is 22.1. The van der Waals surface area contributed by atoms with Crippen LogP contribution in [0.5, 0.6) is 5.75 Å². The van der Waals surface area contributed by atoms with Gasteiger partial charge in [-0.25, -0.2) is 4.72 Å². The van der Waals surface area contributed by atoms with Gasteiger partial charge in [0, 0.05) is 0 Å². The summed E-state index contributed by atoms with van der Waals surface area (Å²) in [4.78, 5) is 4.43. The van der Waals surface area contributed by atoms with Gasteiger partial charge >= 0.3 is 0 Å². The second-order valence-corrected chi connectivity index (χ2v) is 4.94. The van der Waals surface area contributed by atoms with Gasteiger partial charge in [0.1, 0.15) is 10.8 Å². The largest absolute Gasteiger partial charge is 0.497 e. The number of halogens is 1. The molecule has 1 aliphatic heterocycles. The Balaban J connectivity index is 1.94. The first-order valence-corrected chi connectivity index (χ1v) is 6.51. The summed E-state index contributed by atoms with van der Waals surface area (Å²) in [7, 11) is 1.66. The van der Waals surface area contributed by atoms with Crippen LogP contribution in [0, 0.1) is 0 Å². The number of hydrogen-bond acceptors (Lipinski definition) is 4. The Morgan fingerprint density at radius 1 is 1.44 bits per heavy atom. The number of aliphatic imine (C=N–C) groups is 1. The Kier molecular flexibility index (Phi) is 4.09. The van der Waals surface area contributed by atoms with E-state index in [0.29, 0.717) is 6.54 Å². The van der Waals surface area contributed by atoms with Crippen LogP contribution < -0.4 is 14.8 Å². The van der Waals surface area contributed by atoms with E-state index in [4.69, 9.17) is 4.74 Å². The van der Waals surface area contributed by atoms with Crippen LogP contribution in [0.1, 0.15) is 5.56 Å². The highest BCUT2D eigenvalue weighted by molar-refractivity contribution is 9.09. The molecule has 1 fully saturated rings. The number of ether oxygens (including phenoxy) is 1. The molecule has 1 saturated heterocycles. The molecule has 2 N–H and O–H groups in total. The molecule has 0 amide bonds. The summed E-state index contributed by atoms with van der Waals surface area (Å²) < 4.78 is 8.19. The summed E-state index contributed by atoms with van der Waals surface area (Å²) in [6.45, 7) is 0.667. The first-order chi connectivity index (χ1) is 7.78. The van der Waals surface area contributed by atoms with Crippen LogP contribution in [0.4, 0.5) is 0 Å². The van der Waals surface area contributed by atoms with Crippen molar-refractivity contribution in [2.24, 2.45) is 4.99 Å². The quantitative estimate of drug-likeness (QED) is 0.510. The van der Waals surface area contributed by atoms with Gasteiger partial charge in [-0.05, 0) is 45.6 Å². The molecule has 16 heavy (non-hydrogen) atoms. The molecule has 0 aromatic heterocycles. The Morgan fingerprint density at radius 3 is 2.75 bits per heavy atom. The van der Waals surface area contributed by atoms with Crippen molar-refractivity contribution in [3.63, 3.8) is 0 Å². The van der Waals surface area contributed by atoms with E-state index in [0.717, 1.165) is 16.5 Å². The number of amidine groups is 1. The van der Waals surface area contributed by atoms with E-state index < -0.39 is 0 Å². The summed E-state index contributed by atoms with van der Waals surface area (Å²) in [5.41, 5.74) is 1.16. The monoisotopic (exact) mass is 301 g/mol. The molecule has 1 aromatic carbocycles. The summed E-state index contributed by atoms with van der Waals surface area (Å²) in [6.07, 6.45) is 0.